The largest absolute Gasteiger partial charge is 0.508 e. The van der Waals surface area contributed by atoms with E-state index in [0.717, 1.165) is 49.1 Å². The van der Waals surface area contributed by atoms with E-state index in [4.69, 9.17) is 9.15 Å². The predicted octanol–water partition coefficient (Wildman–Crippen LogP) is 4.22. The normalized spacial score (nSPS) is 31.5. The van der Waals surface area contributed by atoms with E-state index >= 15 is 0 Å². The number of likely N-dealkylation sites (N-methyl/N-ethyl adjacent to an activating group) is 1. The summed E-state index contributed by atoms with van der Waals surface area (Å²) >= 11 is 0. The Bertz CT molecular complexity index is 1120. The van der Waals surface area contributed by atoms with Gasteiger partial charge in [0.15, 0.2) is 0 Å². The fourth-order valence-corrected chi connectivity index (χ4v) is 7.46. The highest BCUT2D eigenvalue weighted by Gasteiger charge is 2.66. The molecule has 2 aromatic rings. The number of phenols is 1. The molecule has 2 aliphatic heterocycles. The lowest BCUT2D eigenvalue weighted by atomic mass is 9.51. The second-order valence-electron chi connectivity index (χ2n) is 11.0. The van der Waals surface area contributed by atoms with Crippen molar-refractivity contribution in [2.24, 2.45) is 11.8 Å². The van der Waals surface area contributed by atoms with Crippen molar-refractivity contribution < 1.29 is 19.1 Å². The molecule has 2 fully saturated rings. The van der Waals surface area contributed by atoms with Gasteiger partial charge >= 0.3 is 0 Å². The zero-order valence-corrected chi connectivity index (χ0v) is 20.2. The summed E-state index contributed by atoms with van der Waals surface area (Å²) < 4.78 is 11.9. The molecule has 6 heteroatoms. The highest BCUT2D eigenvalue weighted by molar-refractivity contribution is 5.92. The zero-order chi connectivity index (χ0) is 23.6. The zero-order valence-electron chi connectivity index (χ0n) is 20.2. The van der Waals surface area contributed by atoms with Crippen molar-refractivity contribution in [3.05, 3.63) is 53.5 Å². The number of rotatable bonds is 5. The van der Waals surface area contributed by atoms with Gasteiger partial charge in [-0.15, -0.1) is 0 Å². The molecule has 3 heterocycles. The predicted molar refractivity (Wildman–Crippen MR) is 130 cm³/mol. The summed E-state index contributed by atoms with van der Waals surface area (Å²) in [5.74, 6) is 2.17. The van der Waals surface area contributed by atoms with Crippen LogP contribution in [-0.4, -0.2) is 59.1 Å². The molecule has 0 unspecified atom stereocenters. The van der Waals surface area contributed by atoms with E-state index in [0.29, 0.717) is 30.2 Å². The maximum Gasteiger partial charge on any atom is 0.246 e. The maximum atomic E-state index is 13.6. The third-order valence-electron chi connectivity index (χ3n) is 8.79. The smallest absolute Gasteiger partial charge is 0.246 e. The van der Waals surface area contributed by atoms with Crippen molar-refractivity contribution in [2.75, 3.05) is 20.1 Å². The molecule has 1 N–H and O–H groups in total. The van der Waals surface area contributed by atoms with Crippen molar-refractivity contribution in [2.45, 2.75) is 63.1 Å². The molecule has 34 heavy (non-hydrogen) atoms. The number of furan rings is 1. The summed E-state index contributed by atoms with van der Waals surface area (Å²) in [5, 5.41) is 10.8. The fraction of sp³-hybridized carbons (Fsp3) is 0.536. The second-order valence-corrected chi connectivity index (χ2v) is 11.0. The fourth-order valence-electron chi connectivity index (χ4n) is 7.46. The summed E-state index contributed by atoms with van der Waals surface area (Å²) in [6, 6.07) is 6.00. The molecule has 1 aromatic heterocycles. The first-order valence-electron chi connectivity index (χ1n) is 12.6. The number of hydrogen-bond donors (Lipinski definition) is 1. The Kier molecular flexibility index (Phi) is 5.07. The van der Waals surface area contributed by atoms with Gasteiger partial charge in [-0.2, -0.15) is 0 Å². The Morgan fingerprint density at radius 2 is 2.18 bits per heavy atom. The van der Waals surface area contributed by atoms with Crippen LogP contribution >= 0.6 is 0 Å². The lowest BCUT2D eigenvalue weighted by Crippen LogP contribution is -2.68. The number of nitrogens with zero attached hydrogens (tertiary/aromatic N) is 2. The van der Waals surface area contributed by atoms with Crippen LogP contribution in [0.3, 0.4) is 0 Å². The Labute approximate surface area is 201 Å². The molecule has 180 valence electrons. The van der Waals surface area contributed by atoms with E-state index in [1.165, 1.54) is 5.56 Å². The molecule has 1 aromatic carbocycles. The Balaban J connectivity index is 1.41. The average Bonchev–Trinajstić information content (AvgIpc) is 3.45. The van der Waals surface area contributed by atoms with Gasteiger partial charge in [-0.1, -0.05) is 13.8 Å². The number of carbonyl (C=O) groups is 1. The van der Waals surface area contributed by atoms with Crippen LogP contribution < -0.4 is 4.74 Å². The summed E-state index contributed by atoms with van der Waals surface area (Å²) in [6.07, 6.45) is 10.6. The topological polar surface area (TPSA) is 66.2 Å². The summed E-state index contributed by atoms with van der Waals surface area (Å²) in [5.41, 5.74) is 3.05. The Hall–Kier alpha value is -2.73. The Morgan fingerprint density at radius 3 is 2.94 bits per heavy atom. The van der Waals surface area contributed by atoms with E-state index in [-0.39, 0.29) is 23.5 Å². The molecule has 1 saturated heterocycles. The summed E-state index contributed by atoms with van der Waals surface area (Å²) in [4.78, 5) is 18.1. The van der Waals surface area contributed by atoms with Gasteiger partial charge < -0.3 is 24.1 Å². The molecule has 0 radical (unpaired) electrons. The molecule has 1 saturated carbocycles. The quantitative estimate of drug-likeness (QED) is 0.674. The first-order valence-corrected chi connectivity index (χ1v) is 12.6. The number of carbonyl (C=O) groups excluding carboxylic acids is 1. The van der Waals surface area contributed by atoms with Crippen LogP contribution in [0.5, 0.6) is 11.5 Å². The number of phenolic OH excluding ortho intramolecular Hbond substituents is 1. The molecule has 1 spiro atoms. The van der Waals surface area contributed by atoms with E-state index in [9.17, 15) is 9.90 Å². The highest BCUT2D eigenvalue weighted by atomic mass is 16.5. The number of benzene rings is 1. The van der Waals surface area contributed by atoms with Gasteiger partial charge in [0.25, 0.3) is 0 Å². The van der Waals surface area contributed by atoms with Gasteiger partial charge in [-0.25, -0.2) is 0 Å². The molecule has 6 rings (SSSR count). The molecule has 1 amide bonds. The van der Waals surface area contributed by atoms with Crippen LogP contribution in [0.25, 0.3) is 6.08 Å². The van der Waals surface area contributed by atoms with E-state index < -0.39 is 0 Å². The minimum absolute atomic E-state index is 0.00435. The third-order valence-corrected chi connectivity index (χ3v) is 8.79. The van der Waals surface area contributed by atoms with E-state index in [1.54, 1.807) is 24.7 Å². The van der Waals surface area contributed by atoms with Gasteiger partial charge in [-0.3, -0.25) is 4.79 Å². The first kappa shape index (κ1) is 21.8. The third kappa shape index (κ3) is 3.07. The first-order chi connectivity index (χ1) is 16.4. The molecular weight excluding hydrogens is 428 g/mol. The van der Waals surface area contributed by atoms with Crippen molar-refractivity contribution in [1.29, 1.82) is 0 Å². The number of hydrogen-bond acceptors (Lipinski definition) is 5. The van der Waals surface area contributed by atoms with Crippen LogP contribution in [0, 0.1) is 11.8 Å². The highest BCUT2D eigenvalue weighted by Crippen LogP contribution is 2.63. The molecular formula is C28H34N2O4. The van der Waals surface area contributed by atoms with E-state index in [2.05, 4.69) is 30.7 Å². The van der Waals surface area contributed by atoms with Crippen molar-refractivity contribution in [1.82, 2.24) is 9.80 Å². The van der Waals surface area contributed by atoms with Crippen LogP contribution in [0.4, 0.5) is 0 Å². The minimum Gasteiger partial charge on any atom is -0.508 e. The number of amides is 1. The minimum atomic E-state index is -0.133. The molecule has 2 bridgehead atoms. The Morgan fingerprint density at radius 1 is 1.32 bits per heavy atom. The lowest BCUT2D eigenvalue weighted by molar-refractivity contribution is -0.138. The van der Waals surface area contributed by atoms with Gasteiger partial charge in [0.2, 0.25) is 5.91 Å². The van der Waals surface area contributed by atoms with Crippen molar-refractivity contribution >= 4 is 12.0 Å². The van der Waals surface area contributed by atoms with Gasteiger partial charge in [-0.05, 0) is 75.4 Å². The second kappa shape index (κ2) is 7.91. The number of aromatic hydroxyl groups is 1. The van der Waals surface area contributed by atoms with Gasteiger partial charge in [0, 0.05) is 40.8 Å². The average molecular weight is 463 g/mol. The van der Waals surface area contributed by atoms with Crippen molar-refractivity contribution in [3.8, 4) is 11.5 Å². The standard InChI is InChI=1S/C28H34N2O4/c1-17(2)15-30(25(32)9-4-18-10-13-33-16-18)21-6-5-20-22-14-19-23(31)7-8-24-26(19)28(20,27(21)34-24)11-12-29(22)3/h4,7-10,13,16-17,20-22,27,31H,5-6,11-12,14-15H2,1-3H3/t20-,21+,22+,27+,28-/m0/s1. The lowest BCUT2D eigenvalue weighted by Gasteiger charge is -2.60. The summed E-state index contributed by atoms with van der Waals surface area (Å²) in [7, 11) is 2.22. The number of ether oxygens (including phenoxy) is 1. The molecule has 4 aliphatic rings. The van der Waals surface area contributed by atoms with Crippen LogP contribution in [0.2, 0.25) is 0 Å². The van der Waals surface area contributed by atoms with Crippen LogP contribution in [0.1, 0.15) is 49.8 Å². The SMILES string of the molecule is CC(C)CN(C(=O)C=Cc1ccoc1)[C@@H]1CC[C@H]2[C@H]3Cc4c(O)ccc5c4[C@@]2(CCN3C)[C@@H]1O5. The maximum absolute atomic E-state index is 13.6. The molecule has 6 nitrogen and oxygen atoms in total. The molecule has 5 atom stereocenters. The van der Waals surface area contributed by atoms with Crippen molar-refractivity contribution in [3.63, 3.8) is 0 Å². The van der Waals surface area contributed by atoms with Crippen LogP contribution in [0.15, 0.2) is 41.2 Å². The summed E-state index contributed by atoms with van der Waals surface area (Å²) in [6.45, 7) is 6.03. The van der Waals surface area contributed by atoms with Gasteiger partial charge in [0.1, 0.15) is 17.6 Å². The van der Waals surface area contributed by atoms with Crippen LogP contribution in [-0.2, 0) is 16.6 Å². The van der Waals surface area contributed by atoms with Gasteiger partial charge in [0.05, 0.1) is 18.6 Å². The van der Waals surface area contributed by atoms with E-state index in [1.807, 2.05) is 18.2 Å². The molecule has 2 aliphatic carbocycles. The monoisotopic (exact) mass is 462 g/mol. The number of piperidine rings is 1. The number of likely N-dealkylation sites (tertiary alicyclic amines) is 1.